The van der Waals surface area contributed by atoms with Crippen LogP contribution in [-0.2, 0) is 4.79 Å². The van der Waals surface area contributed by atoms with Crippen molar-refractivity contribution in [3.63, 3.8) is 0 Å². The fourth-order valence-electron chi connectivity index (χ4n) is 3.68. The van der Waals surface area contributed by atoms with Crippen LogP contribution in [0.15, 0.2) is 0 Å². The van der Waals surface area contributed by atoms with Crippen LogP contribution in [-0.4, -0.2) is 43.8 Å². The maximum absolute atomic E-state index is 11.3. The van der Waals surface area contributed by atoms with Crippen LogP contribution in [0.5, 0.6) is 0 Å². The molecule has 1 aromatic rings. The van der Waals surface area contributed by atoms with Crippen molar-refractivity contribution in [2.75, 3.05) is 0 Å². The second-order valence-electron chi connectivity index (χ2n) is 5.74. The number of piperidine rings is 1. The van der Waals surface area contributed by atoms with Gasteiger partial charge in [-0.25, -0.2) is 0 Å². The number of hydrogen-bond acceptors (Lipinski definition) is 6. The number of fused-ring (bicyclic) bond motifs is 1. The topological polar surface area (TPSA) is 104 Å². The van der Waals surface area contributed by atoms with Crippen molar-refractivity contribution in [2.24, 2.45) is 11.8 Å². The summed E-state index contributed by atoms with van der Waals surface area (Å²) in [6.45, 7) is 0. The van der Waals surface area contributed by atoms with E-state index in [1.807, 2.05) is 0 Å². The first-order chi connectivity index (χ1) is 9.66. The molecule has 1 aromatic heterocycles. The normalized spacial score (nSPS) is 35.2. The summed E-state index contributed by atoms with van der Waals surface area (Å²) < 4.78 is 0. The van der Waals surface area contributed by atoms with E-state index in [1.165, 1.54) is 12.8 Å². The highest BCUT2D eigenvalue weighted by molar-refractivity contribution is 7.80. The molecule has 1 aliphatic heterocycles. The number of carbonyl (C=O) groups is 1. The highest BCUT2D eigenvalue weighted by Crippen LogP contribution is 2.43. The molecule has 0 aromatic carbocycles. The maximum Gasteiger partial charge on any atom is 0.320 e. The standard InChI is InChI=1S/C12H19N5O2S/c18-12(19)8-5-6-3-1-2-4-7(6)9(13-8)10(20)11-14-16-17-15-11/h6-10,13,20H,1-5H2,(H,18,19)(H,14,15,16,17). The van der Waals surface area contributed by atoms with Gasteiger partial charge in [-0.15, -0.1) is 10.2 Å². The van der Waals surface area contributed by atoms with Crippen molar-refractivity contribution in [3.05, 3.63) is 5.82 Å². The number of hydrogen-bond donors (Lipinski definition) is 4. The highest BCUT2D eigenvalue weighted by Gasteiger charge is 2.44. The minimum Gasteiger partial charge on any atom is -0.480 e. The van der Waals surface area contributed by atoms with E-state index in [9.17, 15) is 9.90 Å². The van der Waals surface area contributed by atoms with Crippen molar-refractivity contribution in [1.82, 2.24) is 25.9 Å². The van der Waals surface area contributed by atoms with E-state index in [0.717, 1.165) is 12.8 Å². The molecule has 0 spiro atoms. The number of aliphatic carboxylic acids is 1. The van der Waals surface area contributed by atoms with Gasteiger partial charge in [0.25, 0.3) is 0 Å². The van der Waals surface area contributed by atoms with Gasteiger partial charge in [-0.05, 0) is 24.7 Å². The Balaban J connectivity index is 1.83. The van der Waals surface area contributed by atoms with Gasteiger partial charge >= 0.3 is 5.97 Å². The number of tetrazole rings is 1. The molecule has 1 saturated carbocycles. The highest BCUT2D eigenvalue weighted by atomic mass is 32.1. The Hall–Kier alpha value is -1.15. The van der Waals surface area contributed by atoms with Gasteiger partial charge in [-0.3, -0.25) is 10.1 Å². The summed E-state index contributed by atoms with van der Waals surface area (Å²) in [7, 11) is 0. The van der Waals surface area contributed by atoms with Crippen molar-refractivity contribution in [2.45, 2.75) is 49.4 Å². The Bertz CT molecular complexity index is 468. The molecule has 1 saturated heterocycles. The minimum absolute atomic E-state index is 0.0175. The summed E-state index contributed by atoms with van der Waals surface area (Å²) in [5.74, 6) is 0.645. The predicted octanol–water partition coefficient (Wildman–Crippen LogP) is 0.792. The SMILES string of the molecule is O=C(O)C1CC2CCCCC2C(C(S)c2nn[nH]n2)N1. The lowest BCUT2D eigenvalue weighted by atomic mass is 9.69. The van der Waals surface area contributed by atoms with Crippen molar-refractivity contribution in [3.8, 4) is 0 Å². The lowest BCUT2D eigenvalue weighted by molar-refractivity contribution is -0.141. The fourth-order valence-corrected chi connectivity index (χ4v) is 4.10. The van der Waals surface area contributed by atoms with E-state index < -0.39 is 12.0 Å². The average molecular weight is 297 g/mol. The summed E-state index contributed by atoms with van der Waals surface area (Å²) >= 11 is 4.61. The van der Waals surface area contributed by atoms with Gasteiger partial charge in [0.05, 0.1) is 5.25 Å². The van der Waals surface area contributed by atoms with Gasteiger partial charge in [0.1, 0.15) is 6.04 Å². The lowest BCUT2D eigenvalue weighted by Crippen LogP contribution is -2.56. The number of H-pyrrole nitrogens is 1. The number of thiol groups is 1. The van der Waals surface area contributed by atoms with Crippen LogP contribution in [0.3, 0.4) is 0 Å². The first kappa shape index (κ1) is 13.8. The monoisotopic (exact) mass is 297 g/mol. The third kappa shape index (κ3) is 2.54. The molecule has 5 atom stereocenters. The molecule has 0 bridgehead atoms. The van der Waals surface area contributed by atoms with E-state index in [-0.39, 0.29) is 11.3 Å². The van der Waals surface area contributed by atoms with Crippen molar-refractivity contribution in [1.29, 1.82) is 0 Å². The molecule has 2 fully saturated rings. The number of carboxylic acid groups (broad SMARTS) is 1. The molecule has 3 N–H and O–H groups in total. The number of rotatable bonds is 3. The summed E-state index contributed by atoms with van der Waals surface area (Å²) in [5.41, 5.74) is 0. The second-order valence-corrected chi connectivity index (χ2v) is 6.30. The fraction of sp³-hybridized carbons (Fsp3) is 0.833. The van der Waals surface area contributed by atoms with Crippen LogP contribution in [0.25, 0.3) is 0 Å². The molecular formula is C12H19N5O2S. The summed E-state index contributed by atoms with van der Waals surface area (Å²) in [6, 6.07) is -0.517. The molecule has 3 rings (SSSR count). The number of carboxylic acids is 1. The molecule has 5 unspecified atom stereocenters. The van der Waals surface area contributed by atoms with Crippen LogP contribution >= 0.6 is 12.6 Å². The predicted molar refractivity (Wildman–Crippen MR) is 74.3 cm³/mol. The lowest BCUT2D eigenvalue weighted by Gasteiger charge is -2.45. The van der Waals surface area contributed by atoms with E-state index in [4.69, 9.17) is 0 Å². The Labute approximate surface area is 122 Å². The van der Waals surface area contributed by atoms with E-state index in [2.05, 4.69) is 38.6 Å². The van der Waals surface area contributed by atoms with Crippen LogP contribution < -0.4 is 5.32 Å². The van der Waals surface area contributed by atoms with E-state index in [1.54, 1.807) is 0 Å². The van der Waals surface area contributed by atoms with Crippen molar-refractivity contribution < 1.29 is 9.90 Å². The molecule has 1 aliphatic carbocycles. The van der Waals surface area contributed by atoms with Gasteiger partial charge in [0, 0.05) is 6.04 Å². The molecule has 0 amide bonds. The molecular weight excluding hydrogens is 278 g/mol. The first-order valence-corrected chi connectivity index (χ1v) is 7.58. The Morgan fingerprint density at radius 1 is 1.40 bits per heavy atom. The largest absolute Gasteiger partial charge is 0.480 e. The van der Waals surface area contributed by atoms with Crippen molar-refractivity contribution >= 4 is 18.6 Å². The summed E-state index contributed by atoms with van der Waals surface area (Å²) in [4.78, 5) is 11.3. The first-order valence-electron chi connectivity index (χ1n) is 7.07. The van der Waals surface area contributed by atoms with E-state index >= 15 is 0 Å². The maximum atomic E-state index is 11.3. The molecule has 2 aliphatic rings. The van der Waals surface area contributed by atoms with Crippen LogP contribution in [0, 0.1) is 11.8 Å². The zero-order valence-corrected chi connectivity index (χ0v) is 12.0. The minimum atomic E-state index is -0.785. The Morgan fingerprint density at radius 3 is 2.90 bits per heavy atom. The smallest absolute Gasteiger partial charge is 0.320 e. The number of nitrogens with zero attached hydrogens (tertiary/aromatic N) is 3. The molecule has 7 nitrogen and oxygen atoms in total. The van der Waals surface area contributed by atoms with E-state index in [0.29, 0.717) is 24.1 Å². The second kappa shape index (κ2) is 5.69. The third-order valence-corrected chi connectivity index (χ3v) is 5.18. The van der Waals surface area contributed by atoms with Crippen LogP contribution in [0.1, 0.15) is 43.2 Å². The van der Waals surface area contributed by atoms with Gasteiger partial charge in [-0.2, -0.15) is 17.8 Å². The van der Waals surface area contributed by atoms with Crippen LogP contribution in [0.4, 0.5) is 0 Å². The number of aromatic amines is 1. The van der Waals surface area contributed by atoms with Gasteiger partial charge in [0.15, 0.2) is 5.82 Å². The molecule has 0 radical (unpaired) electrons. The van der Waals surface area contributed by atoms with Gasteiger partial charge < -0.3 is 5.11 Å². The Kier molecular flexibility index (Phi) is 3.93. The molecule has 8 heteroatoms. The Morgan fingerprint density at radius 2 is 2.20 bits per heavy atom. The molecule has 110 valence electrons. The zero-order chi connectivity index (χ0) is 14.1. The quantitative estimate of drug-likeness (QED) is 0.615. The average Bonchev–Trinajstić information content (AvgIpc) is 2.99. The summed E-state index contributed by atoms with van der Waals surface area (Å²) in [5, 5.41) is 26.3. The zero-order valence-electron chi connectivity index (χ0n) is 11.1. The molecule has 2 heterocycles. The van der Waals surface area contributed by atoms with Crippen LogP contribution in [0.2, 0.25) is 0 Å². The number of nitrogens with one attached hydrogen (secondary N) is 2. The number of aromatic nitrogens is 4. The molecule has 20 heavy (non-hydrogen) atoms. The van der Waals surface area contributed by atoms with Gasteiger partial charge in [0.2, 0.25) is 0 Å². The summed E-state index contributed by atoms with van der Waals surface area (Å²) in [6.07, 6.45) is 5.33. The third-order valence-electron chi connectivity index (χ3n) is 4.63. The van der Waals surface area contributed by atoms with Gasteiger partial charge in [-0.1, -0.05) is 24.5 Å².